The number of H-pyrrole nitrogens is 1. The summed E-state index contributed by atoms with van der Waals surface area (Å²) in [6.07, 6.45) is 2.17. The van der Waals surface area contributed by atoms with Gasteiger partial charge in [-0.3, -0.25) is 9.59 Å². The van der Waals surface area contributed by atoms with Gasteiger partial charge in [0, 0.05) is 32.4 Å². The van der Waals surface area contributed by atoms with Gasteiger partial charge in [0.15, 0.2) is 0 Å². The fraction of sp³-hybridized carbons (Fsp3) is 0.333. The predicted octanol–water partition coefficient (Wildman–Crippen LogP) is 1.85. The summed E-state index contributed by atoms with van der Waals surface area (Å²) in [7, 11) is 0. The van der Waals surface area contributed by atoms with E-state index in [0.29, 0.717) is 38.3 Å². The topological polar surface area (TPSA) is 56.4 Å². The third kappa shape index (κ3) is 3.62. The Morgan fingerprint density at radius 1 is 1.00 bits per heavy atom. The van der Waals surface area contributed by atoms with Crippen molar-refractivity contribution in [2.75, 3.05) is 26.2 Å². The fourth-order valence-corrected chi connectivity index (χ4v) is 2.79. The average molecular weight is 311 g/mol. The number of amides is 2. The number of carbonyl (C=O) groups is 2. The lowest BCUT2D eigenvalue weighted by molar-refractivity contribution is -0.131. The van der Waals surface area contributed by atoms with Gasteiger partial charge < -0.3 is 14.8 Å². The lowest BCUT2D eigenvalue weighted by atomic mass is 10.1. The minimum atomic E-state index is 0.000587. The van der Waals surface area contributed by atoms with Crippen molar-refractivity contribution in [3.8, 4) is 0 Å². The summed E-state index contributed by atoms with van der Waals surface area (Å²) in [6.45, 7) is 4.38. The highest BCUT2D eigenvalue weighted by Gasteiger charge is 2.25. The number of nitrogens with one attached hydrogen (secondary N) is 1. The molecule has 0 aliphatic carbocycles. The third-order valence-corrected chi connectivity index (χ3v) is 4.22. The van der Waals surface area contributed by atoms with E-state index in [2.05, 4.69) is 4.98 Å². The van der Waals surface area contributed by atoms with Crippen LogP contribution in [0.5, 0.6) is 0 Å². The van der Waals surface area contributed by atoms with Crippen molar-refractivity contribution in [2.45, 2.75) is 13.3 Å². The first-order valence-electron chi connectivity index (χ1n) is 7.89. The van der Waals surface area contributed by atoms with E-state index < -0.39 is 0 Å². The standard InChI is InChI=1S/C18H21N3O2/c1-14-4-6-15(7-5-14)13-17(22)20-9-11-21(12-10-20)18(23)16-3-2-8-19-16/h2-8,19H,9-13H2,1H3. The molecule has 5 heteroatoms. The molecule has 0 spiro atoms. The number of rotatable bonds is 3. The first kappa shape index (κ1) is 15.3. The van der Waals surface area contributed by atoms with E-state index >= 15 is 0 Å². The second kappa shape index (κ2) is 6.69. The molecule has 1 aliphatic heterocycles. The molecule has 5 nitrogen and oxygen atoms in total. The SMILES string of the molecule is Cc1ccc(CC(=O)N2CCN(C(=O)c3ccc[nH]3)CC2)cc1. The van der Waals surface area contributed by atoms with Crippen LogP contribution in [0.1, 0.15) is 21.6 Å². The van der Waals surface area contributed by atoms with Gasteiger partial charge in [0.2, 0.25) is 5.91 Å². The molecular weight excluding hydrogens is 290 g/mol. The van der Waals surface area contributed by atoms with E-state index in [-0.39, 0.29) is 11.8 Å². The highest BCUT2D eigenvalue weighted by Crippen LogP contribution is 2.10. The molecule has 1 saturated heterocycles. The lowest BCUT2D eigenvalue weighted by Crippen LogP contribution is -2.51. The minimum absolute atomic E-state index is 0.000587. The Bertz CT molecular complexity index is 669. The molecular formula is C18H21N3O2. The van der Waals surface area contributed by atoms with Crippen LogP contribution < -0.4 is 0 Å². The Kier molecular flexibility index (Phi) is 4.46. The number of aryl methyl sites for hydroxylation is 1. The largest absolute Gasteiger partial charge is 0.357 e. The van der Waals surface area contributed by atoms with Crippen LogP contribution in [0, 0.1) is 6.92 Å². The number of hydrogen-bond acceptors (Lipinski definition) is 2. The van der Waals surface area contributed by atoms with Gasteiger partial charge in [-0.25, -0.2) is 0 Å². The lowest BCUT2D eigenvalue weighted by Gasteiger charge is -2.34. The van der Waals surface area contributed by atoms with Crippen molar-refractivity contribution in [1.29, 1.82) is 0 Å². The van der Waals surface area contributed by atoms with Crippen LogP contribution in [-0.2, 0) is 11.2 Å². The number of benzene rings is 1. The molecule has 2 amide bonds. The molecule has 0 saturated carbocycles. The molecule has 3 rings (SSSR count). The van der Waals surface area contributed by atoms with Crippen LogP contribution in [0.25, 0.3) is 0 Å². The molecule has 1 aromatic heterocycles. The molecule has 23 heavy (non-hydrogen) atoms. The molecule has 0 radical (unpaired) electrons. The average Bonchev–Trinajstić information content (AvgIpc) is 3.11. The maximum absolute atomic E-state index is 12.4. The maximum Gasteiger partial charge on any atom is 0.270 e. The summed E-state index contributed by atoms with van der Waals surface area (Å²) in [5.41, 5.74) is 2.83. The fourth-order valence-electron chi connectivity index (χ4n) is 2.79. The van der Waals surface area contributed by atoms with Crippen LogP contribution >= 0.6 is 0 Å². The van der Waals surface area contributed by atoms with E-state index in [4.69, 9.17) is 0 Å². The number of piperazine rings is 1. The van der Waals surface area contributed by atoms with E-state index in [9.17, 15) is 9.59 Å². The van der Waals surface area contributed by atoms with Gasteiger partial charge in [-0.15, -0.1) is 0 Å². The number of carbonyl (C=O) groups excluding carboxylic acids is 2. The summed E-state index contributed by atoms with van der Waals surface area (Å²) >= 11 is 0. The Balaban J connectivity index is 1.53. The normalized spacial score (nSPS) is 14.8. The maximum atomic E-state index is 12.4. The van der Waals surface area contributed by atoms with Crippen LogP contribution in [0.2, 0.25) is 0 Å². The van der Waals surface area contributed by atoms with Gasteiger partial charge >= 0.3 is 0 Å². The summed E-state index contributed by atoms with van der Waals surface area (Å²) < 4.78 is 0. The van der Waals surface area contributed by atoms with Crippen molar-refractivity contribution in [3.63, 3.8) is 0 Å². The number of hydrogen-bond donors (Lipinski definition) is 1. The van der Waals surface area contributed by atoms with Gasteiger partial charge in [-0.2, -0.15) is 0 Å². The second-order valence-corrected chi connectivity index (χ2v) is 5.92. The summed E-state index contributed by atoms with van der Waals surface area (Å²) in [5, 5.41) is 0. The van der Waals surface area contributed by atoms with Crippen LogP contribution in [0.3, 0.4) is 0 Å². The van der Waals surface area contributed by atoms with Gasteiger partial charge in [0.1, 0.15) is 5.69 Å². The first-order chi connectivity index (χ1) is 11.1. The van der Waals surface area contributed by atoms with Gasteiger partial charge in [-0.1, -0.05) is 29.8 Å². The van der Waals surface area contributed by atoms with E-state index in [1.54, 1.807) is 17.2 Å². The van der Waals surface area contributed by atoms with Gasteiger partial charge in [0.25, 0.3) is 5.91 Å². The molecule has 1 N–H and O–H groups in total. The number of aromatic nitrogens is 1. The molecule has 1 aliphatic rings. The summed E-state index contributed by atoms with van der Waals surface area (Å²) in [6, 6.07) is 11.6. The zero-order valence-electron chi connectivity index (χ0n) is 13.3. The summed E-state index contributed by atoms with van der Waals surface area (Å²) in [4.78, 5) is 31.2. The highest BCUT2D eigenvalue weighted by atomic mass is 16.2. The molecule has 1 fully saturated rings. The second-order valence-electron chi connectivity index (χ2n) is 5.92. The molecule has 120 valence electrons. The van der Waals surface area contributed by atoms with Crippen molar-refractivity contribution in [2.24, 2.45) is 0 Å². The molecule has 1 aromatic carbocycles. The smallest absolute Gasteiger partial charge is 0.270 e. The Labute approximate surface area is 135 Å². The zero-order valence-corrected chi connectivity index (χ0v) is 13.3. The van der Waals surface area contributed by atoms with Gasteiger partial charge in [0.05, 0.1) is 6.42 Å². The van der Waals surface area contributed by atoms with E-state index in [0.717, 1.165) is 5.56 Å². The molecule has 2 heterocycles. The van der Waals surface area contributed by atoms with Crippen LogP contribution in [-0.4, -0.2) is 52.8 Å². The van der Waals surface area contributed by atoms with Crippen molar-refractivity contribution >= 4 is 11.8 Å². The van der Waals surface area contributed by atoms with E-state index in [1.165, 1.54) is 5.56 Å². The Morgan fingerprint density at radius 3 is 2.26 bits per heavy atom. The Morgan fingerprint density at radius 2 is 1.65 bits per heavy atom. The quantitative estimate of drug-likeness (QED) is 0.940. The zero-order chi connectivity index (χ0) is 16.2. The monoisotopic (exact) mass is 311 g/mol. The molecule has 2 aromatic rings. The molecule has 0 bridgehead atoms. The van der Waals surface area contributed by atoms with Crippen LogP contribution in [0.4, 0.5) is 0 Å². The van der Waals surface area contributed by atoms with Crippen LogP contribution in [0.15, 0.2) is 42.6 Å². The van der Waals surface area contributed by atoms with Crippen molar-refractivity contribution in [3.05, 3.63) is 59.4 Å². The number of aromatic amines is 1. The van der Waals surface area contributed by atoms with Crippen molar-refractivity contribution < 1.29 is 9.59 Å². The van der Waals surface area contributed by atoms with Crippen molar-refractivity contribution in [1.82, 2.24) is 14.8 Å². The minimum Gasteiger partial charge on any atom is -0.357 e. The Hall–Kier alpha value is -2.56. The van der Waals surface area contributed by atoms with Gasteiger partial charge in [-0.05, 0) is 24.6 Å². The van der Waals surface area contributed by atoms with E-state index in [1.807, 2.05) is 42.2 Å². The third-order valence-electron chi connectivity index (χ3n) is 4.22. The first-order valence-corrected chi connectivity index (χ1v) is 7.89. The predicted molar refractivity (Wildman–Crippen MR) is 88.2 cm³/mol. The summed E-state index contributed by atoms with van der Waals surface area (Å²) in [5.74, 6) is 0.126. The number of nitrogens with zero attached hydrogens (tertiary/aromatic N) is 2. The highest BCUT2D eigenvalue weighted by molar-refractivity contribution is 5.92. The molecule has 0 unspecified atom stereocenters. The molecule has 0 atom stereocenters.